The zero-order valence-electron chi connectivity index (χ0n) is 20.0. The number of aryl methyl sites for hydroxylation is 1. The van der Waals surface area contributed by atoms with Crippen LogP contribution >= 0.6 is 0 Å². The Balaban J connectivity index is 1.61. The zero-order valence-corrected chi connectivity index (χ0v) is 20.0. The first-order valence-electron chi connectivity index (χ1n) is 12.1. The lowest BCUT2D eigenvalue weighted by Gasteiger charge is -2.55. The maximum Gasteiger partial charge on any atom is 0.0496 e. The number of allylic oxidation sites excluding steroid dienone is 7. The van der Waals surface area contributed by atoms with Gasteiger partial charge in [0, 0.05) is 33.8 Å². The summed E-state index contributed by atoms with van der Waals surface area (Å²) in [6, 6.07) is 16.1. The molecule has 2 heterocycles. The molecule has 2 aliphatic carbocycles. The number of rotatable bonds is 1. The minimum absolute atomic E-state index is 0.0738. The van der Waals surface area contributed by atoms with Gasteiger partial charge in [-0.25, -0.2) is 0 Å². The van der Waals surface area contributed by atoms with Crippen LogP contribution < -0.4 is 4.90 Å². The highest BCUT2D eigenvalue weighted by Crippen LogP contribution is 2.60. The monoisotopic (exact) mass is 419 g/mol. The fraction of sp³-hybridized carbons (Fsp3) is 0.355. The van der Waals surface area contributed by atoms with Crippen LogP contribution in [0, 0.1) is 18.3 Å². The molecule has 0 aromatic heterocycles. The molecule has 162 valence electrons. The molecule has 0 spiro atoms. The molecular formula is C31H33N. The third-order valence-electron chi connectivity index (χ3n) is 8.51. The molecule has 1 atom stereocenters. The highest BCUT2D eigenvalue weighted by Gasteiger charge is 2.50. The van der Waals surface area contributed by atoms with E-state index >= 15 is 0 Å². The van der Waals surface area contributed by atoms with Crippen molar-refractivity contribution in [2.24, 2.45) is 11.3 Å². The Hall–Kier alpha value is -2.80. The summed E-state index contributed by atoms with van der Waals surface area (Å²) in [6.45, 7) is 12.0. The molecule has 0 N–H and O–H groups in total. The predicted octanol–water partition coefficient (Wildman–Crippen LogP) is 8.23. The van der Waals surface area contributed by atoms with E-state index in [4.69, 9.17) is 0 Å². The molecule has 0 saturated carbocycles. The quantitative estimate of drug-likeness (QED) is 0.450. The minimum atomic E-state index is 0.0738. The molecule has 0 saturated heterocycles. The maximum atomic E-state index is 2.64. The topological polar surface area (TPSA) is 3.24 Å². The highest BCUT2D eigenvalue weighted by molar-refractivity contribution is 5.79. The Bertz CT molecular complexity index is 1240. The van der Waals surface area contributed by atoms with Crippen molar-refractivity contribution in [3.63, 3.8) is 0 Å². The van der Waals surface area contributed by atoms with E-state index in [1.54, 1.807) is 11.3 Å². The lowest BCUT2D eigenvalue weighted by Crippen LogP contribution is -2.48. The zero-order chi connectivity index (χ0) is 22.3. The normalized spacial score (nSPS) is 24.3. The van der Waals surface area contributed by atoms with E-state index in [0.717, 1.165) is 19.3 Å². The summed E-state index contributed by atoms with van der Waals surface area (Å²) < 4.78 is 0. The molecule has 0 radical (unpaired) electrons. The van der Waals surface area contributed by atoms with Gasteiger partial charge in [0.2, 0.25) is 0 Å². The SMILES string of the molecule is Cc1ccc(-c2ccc3c(c2)C(C)(C)C2CC=CC4=C2N3C2=C(CCC=C2)C4(C)C)cc1. The van der Waals surface area contributed by atoms with Crippen molar-refractivity contribution in [2.45, 2.75) is 59.3 Å². The summed E-state index contributed by atoms with van der Waals surface area (Å²) in [5.41, 5.74) is 13.1. The van der Waals surface area contributed by atoms with Gasteiger partial charge in [0.25, 0.3) is 0 Å². The molecule has 0 fully saturated rings. The van der Waals surface area contributed by atoms with Gasteiger partial charge >= 0.3 is 0 Å². The van der Waals surface area contributed by atoms with E-state index in [1.807, 2.05) is 0 Å². The van der Waals surface area contributed by atoms with E-state index < -0.39 is 0 Å². The van der Waals surface area contributed by atoms with Crippen molar-refractivity contribution >= 4 is 5.69 Å². The average Bonchev–Trinajstić information content (AvgIpc) is 2.79. The third kappa shape index (κ3) is 2.57. The molecule has 0 bridgehead atoms. The van der Waals surface area contributed by atoms with Gasteiger partial charge in [-0.2, -0.15) is 0 Å². The molecule has 1 nitrogen and oxygen atoms in total. The first-order valence-corrected chi connectivity index (χ1v) is 12.1. The highest BCUT2D eigenvalue weighted by atomic mass is 15.2. The first kappa shape index (κ1) is 19.9. The lowest BCUT2D eigenvalue weighted by molar-refractivity contribution is 0.330. The molecule has 2 aromatic rings. The smallest absolute Gasteiger partial charge is 0.0496 e. The van der Waals surface area contributed by atoms with E-state index in [-0.39, 0.29) is 10.8 Å². The van der Waals surface area contributed by atoms with Gasteiger partial charge in [0.05, 0.1) is 0 Å². The summed E-state index contributed by atoms with van der Waals surface area (Å²) >= 11 is 0. The van der Waals surface area contributed by atoms with Crippen molar-refractivity contribution in [2.75, 3.05) is 4.90 Å². The van der Waals surface area contributed by atoms with Crippen LogP contribution in [0.25, 0.3) is 11.1 Å². The van der Waals surface area contributed by atoms with Gasteiger partial charge < -0.3 is 4.90 Å². The van der Waals surface area contributed by atoms with Gasteiger partial charge in [-0.1, -0.05) is 81.8 Å². The number of benzene rings is 2. The van der Waals surface area contributed by atoms with Crippen molar-refractivity contribution in [3.8, 4) is 11.1 Å². The van der Waals surface area contributed by atoms with E-state index in [9.17, 15) is 0 Å². The largest absolute Gasteiger partial charge is 0.313 e. The van der Waals surface area contributed by atoms with Crippen LogP contribution in [0.1, 0.15) is 58.1 Å². The lowest BCUT2D eigenvalue weighted by atomic mass is 9.59. The second-order valence-electron chi connectivity index (χ2n) is 11.1. The van der Waals surface area contributed by atoms with Crippen LogP contribution in [0.5, 0.6) is 0 Å². The molecule has 1 heteroatoms. The number of anilines is 1. The van der Waals surface area contributed by atoms with Crippen molar-refractivity contribution in [1.82, 2.24) is 0 Å². The van der Waals surface area contributed by atoms with Gasteiger partial charge in [-0.05, 0) is 72.2 Å². The molecule has 2 aliphatic heterocycles. The Morgan fingerprint density at radius 2 is 1.62 bits per heavy atom. The Kier molecular flexibility index (Phi) is 4.10. The first-order chi connectivity index (χ1) is 15.3. The van der Waals surface area contributed by atoms with E-state index in [0.29, 0.717) is 5.92 Å². The predicted molar refractivity (Wildman–Crippen MR) is 136 cm³/mol. The molecule has 0 amide bonds. The number of hydrogen-bond acceptors (Lipinski definition) is 1. The van der Waals surface area contributed by atoms with Gasteiger partial charge in [0.1, 0.15) is 0 Å². The van der Waals surface area contributed by atoms with E-state index in [2.05, 4.69) is 106 Å². The minimum Gasteiger partial charge on any atom is -0.313 e. The van der Waals surface area contributed by atoms with Gasteiger partial charge in [-0.15, -0.1) is 0 Å². The van der Waals surface area contributed by atoms with Crippen LogP contribution in [-0.4, -0.2) is 0 Å². The van der Waals surface area contributed by atoms with Crippen LogP contribution in [0.15, 0.2) is 89.3 Å². The summed E-state index contributed by atoms with van der Waals surface area (Å²) in [5.74, 6) is 0.493. The fourth-order valence-corrected chi connectivity index (χ4v) is 6.55. The second-order valence-corrected chi connectivity index (χ2v) is 11.1. The Morgan fingerprint density at radius 1 is 0.875 bits per heavy atom. The molecule has 2 aromatic carbocycles. The van der Waals surface area contributed by atoms with Gasteiger partial charge in [0.15, 0.2) is 0 Å². The second kappa shape index (κ2) is 6.61. The molecule has 4 aliphatic rings. The molecular weight excluding hydrogens is 386 g/mol. The van der Waals surface area contributed by atoms with Crippen LogP contribution in [-0.2, 0) is 5.41 Å². The average molecular weight is 420 g/mol. The van der Waals surface area contributed by atoms with E-state index in [1.165, 1.54) is 39.2 Å². The summed E-state index contributed by atoms with van der Waals surface area (Å²) in [6.07, 6.45) is 13.1. The van der Waals surface area contributed by atoms with Crippen LogP contribution in [0.2, 0.25) is 0 Å². The van der Waals surface area contributed by atoms with Crippen molar-refractivity contribution in [1.29, 1.82) is 0 Å². The summed E-state index contributed by atoms with van der Waals surface area (Å²) in [7, 11) is 0. The van der Waals surface area contributed by atoms with Crippen molar-refractivity contribution in [3.05, 3.63) is 100 Å². The number of nitrogens with zero attached hydrogens (tertiary/aromatic N) is 1. The fourth-order valence-electron chi connectivity index (χ4n) is 6.55. The Morgan fingerprint density at radius 3 is 2.41 bits per heavy atom. The Labute approximate surface area is 192 Å². The standard InChI is InChI=1S/C31H33N/c1-20-13-15-21(16-14-20)22-17-18-28-26(19-22)31(4,5)25-11-8-10-24-29(25)32(28)27-12-7-6-9-23(27)30(24,2)3/h7-8,10,12-19,25H,6,9,11H2,1-5H3. The number of hydrogen-bond donors (Lipinski definition) is 0. The van der Waals surface area contributed by atoms with Crippen molar-refractivity contribution < 1.29 is 0 Å². The van der Waals surface area contributed by atoms with Gasteiger partial charge in [-0.3, -0.25) is 0 Å². The molecule has 6 rings (SSSR count). The van der Waals surface area contributed by atoms with Crippen LogP contribution in [0.4, 0.5) is 5.69 Å². The molecule has 1 unspecified atom stereocenters. The maximum absolute atomic E-state index is 2.64. The number of fused-ring (bicyclic) bond motifs is 3. The third-order valence-corrected chi connectivity index (χ3v) is 8.51. The summed E-state index contributed by atoms with van der Waals surface area (Å²) in [5, 5.41) is 0. The molecule has 32 heavy (non-hydrogen) atoms. The van der Waals surface area contributed by atoms with Crippen LogP contribution in [0.3, 0.4) is 0 Å². The summed E-state index contributed by atoms with van der Waals surface area (Å²) in [4.78, 5) is 2.64.